The second-order valence-electron chi connectivity index (χ2n) is 6.49. The smallest absolute Gasteiger partial charge is 0.270 e. The fourth-order valence-corrected chi connectivity index (χ4v) is 4.19. The Morgan fingerprint density at radius 3 is 2.56 bits per heavy atom. The predicted molar refractivity (Wildman–Crippen MR) is 98.9 cm³/mol. The van der Waals surface area contributed by atoms with Crippen LogP contribution in [0.2, 0.25) is 0 Å². The third-order valence-electron chi connectivity index (χ3n) is 5.00. The highest BCUT2D eigenvalue weighted by Gasteiger charge is 2.36. The summed E-state index contributed by atoms with van der Waals surface area (Å²) in [5.74, 6) is 1.35. The lowest BCUT2D eigenvalue weighted by Gasteiger charge is -2.30. The molecular formula is C19H24N2O3S. The van der Waals surface area contributed by atoms with Gasteiger partial charge >= 0.3 is 0 Å². The van der Waals surface area contributed by atoms with Crippen LogP contribution in [-0.4, -0.2) is 31.7 Å². The van der Waals surface area contributed by atoms with Crippen molar-refractivity contribution in [2.75, 3.05) is 20.8 Å². The van der Waals surface area contributed by atoms with Crippen LogP contribution in [0, 0.1) is 6.92 Å². The van der Waals surface area contributed by atoms with Crippen molar-refractivity contribution < 1.29 is 14.3 Å². The van der Waals surface area contributed by atoms with E-state index in [9.17, 15) is 4.79 Å². The lowest BCUT2D eigenvalue weighted by molar-refractivity contribution is 0.0938. The first kappa shape index (κ1) is 17.7. The summed E-state index contributed by atoms with van der Waals surface area (Å²) in [5.41, 5.74) is 1.64. The zero-order valence-electron chi connectivity index (χ0n) is 14.9. The molecule has 6 heteroatoms. The minimum absolute atomic E-state index is 0.0553. The number of hydrogen-bond acceptors (Lipinski definition) is 5. The van der Waals surface area contributed by atoms with Crippen LogP contribution in [0.1, 0.15) is 46.7 Å². The minimum atomic E-state index is -0.101. The van der Waals surface area contributed by atoms with Crippen LogP contribution in [-0.2, 0) is 5.41 Å². The minimum Gasteiger partial charge on any atom is -0.493 e. The molecule has 1 N–H and O–H groups in total. The summed E-state index contributed by atoms with van der Waals surface area (Å²) in [6.07, 6.45) is 4.44. The maximum absolute atomic E-state index is 12.4. The normalized spacial score (nSPS) is 15.8. The van der Waals surface area contributed by atoms with Gasteiger partial charge in [-0.15, -0.1) is 11.3 Å². The fourth-order valence-electron chi connectivity index (χ4n) is 3.59. The lowest BCUT2D eigenvalue weighted by Crippen LogP contribution is -2.39. The molecule has 0 saturated heterocycles. The number of rotatable bonds is 6. The molecule has 1 saturated carbocycles. The Balaban J connectivity index is 1.81. The molecule has 1 aromatic carbocycles. The van der Waals surface area contributed by atoms with Gasteiger partial charge in [-0.1, -0.05) is 18.9 Å². The van der Waals surface area contributed by atoms with Crippen molar-refractivity contribution in [1.82, 2.24) is 10.3 Å². The summed E-state index contributed by atoms with van der Waals surface area (Å²) in [4.78, 5) is 16.7. The summed E-state index contributed by atoms with van der Waals surface area (Å²) < 4.78 is 10.8. The number of thiazole rings is 1. The summed E-state index contributed by atoms with van der Waals surface area (Å²) in [7, 11) is 3.29. The van der Waals surface area contributed by atoms with E-state index < -0.39 is 0 Å². The van der Waals surface area contributed by atoms with Crippen LogP contribution in [0.3, 0.4) is 0 Å². The molecule has 0 atom stereocenters. The van der Waals surface area contributed by atoms with Crippen molar-refractivity contribution in [2.24, 2.45) is 0 Å². The van der Waals surface area contributed by atoms with E-state index in [1.54, 1.807) is 14.2 Å². The Labute approximate surface area is 152 Å². The van der Waals surface area contributed by atoms with Crippen molar-refractivity contribution in [2.45, 2.75) is 38.0 Å². The predicted octanol–water partition coefficient (Wildman–Crippen LogP) is 3.71. The van der Waals surface area contributed by atoms with Crippen molar-refractivity contribution in [3.05, 3.63) is 39.8 Å². The Hall–Kier alpha value is -2.08. The number of methoxy groups -OCH3 is 2. The van der Waals surface area contributed by atoms with Crippen molar-refractivity contribution in [3.63, 3.8) is 0 Å². The highest BCUT2D eigenvalue weighted by Crippen LogP contribution is 2.43. The zero-order valence-corrected chi connectivity index (χ0v) is 15.7. The monoisotopic (exact) mass is 360 g/mol. The number of ether oxygens (including phenoxy) is 2. The number of aryl methyl sites for hydroxylation is 1. The number of benzene rings is 1. The Kier molecular flexibility index (Phi) is 5.27. The number of amides is 1. The topological polar surface area (TPSA) is 60.5 Å². The first-order valence-electron chi connectivity index (χ1n) is 8.51. The maximum atomic E-state index is 12.4. The van der Waals surface area contributed by atoms with E-state index in [0.717, 1.165) is 29.3 Å². The van der Waals surface area contributed by atoms with Crippen LogP contribution >= 0.6 is 11.3 Å². The zero-order chi connectivity index (χ0) is 17.9. The molecule has 1 aliphatic carbocycles. The van der Waals surface area contributed by atoms with E-state index in [2.05, 4.69) is 16.4 Å². The number of nitrogens with zero attached hydrogens (tertiary/aromatic N) is 1. The molecular weight excluding hydrogens is 336 g/mol. The summed E-state index contributed by atoms with van der Waals surface area (Å²) in [5, 5.41) is 5.80. The van der Waals surface area contributed by atoms with Gasteiger partial charge in [0.25, 0.3) is 5.91 Å². The van der Waals surface area contributed by atoms with Crippen LogP contribution in [0.5, 0.6) is 11.5 Å². The number of aromatic nitrogens is 1. The second kappa shape index (κ2) is 7.44. The molecule has 5 nitrogen and oxygen atoms in total. The van der Waals surface area contributed by atoms with Gasteiger partial charge in [-0.2, -0.15) is 0 Å². The lowest BCUT2D eigenvalue weighted by atomic mass is 9.78. The van der Waals surface area contributed by atoms with Gasteiger partial charge in [0.15, 0.2) is 11.5 Å². The Morgan fingerprint density at radius 1 is 1.24 bits per heavy atom. The van der Waals surface area contributed by atoms with Crippen LogP contribution in [0.25, 0.3) is 0 Å². The van der Waals surface area contributed by atoms with Crippen LogP contribution in [0.4, 0.5) is 0 Å². The maximum Gasteiger partial charge on any atom is 0.270 e. The molecule has 2 aromatic rings. The van der Waals surface area contributed by atoms with E-state index in [1.807, 2.05) is 24.4 Å². The molecule has 0 bridgehead atoms. The molecule has 0 radical (unpaired) electrons. The van der Waals surface area contributed by atoms with Crippen LogP contribution in [0.15, 0.2) is 23.6 Å². The molecule has 1 aromatic heterocycles. The number of carbonyl (C=O) groups is 1. The largest absolute Gasteiger partial charge is 0.493 e. The molecule has 1 aliphatic rings. The van der Waals surface area contributed by atoms with Crippen LogP contribution < -0.4 is 14.8 Å². The number of hydrogen-bond donors (Lipinski definition) is 1. The third-order valence-corrected chi connectivity index (χ3v) is 5.77. The molecule has 0 aliphatic heterocycles. The van der Waals surface area contributed by atoms with Gasteiger partial charge in [-0.05, 0) is 37.5 Å². The molecule has 0 unspecified atom stereocenters. The SMILES string of the molecule is COc1ccc(C2(CNC(=O)c3csc(C)n3)CCCC2)cc1OC. The second-order valence-corrected chi connectivity index (χ2v) is 7.55. The van der Waals surface area contributed by atoms with E-state index >= 15 is 0 Å². The van der Waals surface area contributed by atoms with Gasteiger partial charge in [0.05, 0.1) is 19.2 Å². The Bertz CT molecular complexity index is 751. The summed E-state index contributed by atoms with van der Waals surface area (Å²) >= 11 is 1.49. The van der Waals surface area contributed by atoms with Crippen molar-refractivity contribution >= 4 is 17.2 Å². The van der Waals surface area contributed by atoms with E-state index in [0.29, 0.717) is 12.2 Å². The summed E-state index contributed by atoms with van der Waals surface area (Å²) in [6, 6.07) is 6.08. The molecule has 3 rings (SSSR count). The van der Waals surface area contributed by atoms with E-state index in [1.165, 1.54) is 29.7 Å². The van der Waals surface area contributed by atoms with Gasteiger partial charge < -0.3 is 14.8 Å². The Morgan fingerprint density at radius 2 is 1.96 bits per heavy atom. The first-order chi connectivity index (χ1) is 12.1. The number of nitrogens with one attached hydrogen (secondary N) is 1. The average molecular weight is 360 g/mol. The van der Waals surface area contributed by atoms with Crippen molar-refractivity contribution in [1.29, 1.82) is 0 Å². The van der Waals surface area contributed by atoms with Gasteiger partial charge in [0.2, 0.25) is 0 Å². The van der Waals surface area contributed by atoms with Gasteiger partial charge in [0, 0.05) is 17.3 Å². The van der Waals surface area contributed by atoms with E-state index in [4.69, 9.17) is 9.47 Å². The first-order valence-corrected chi connectivity index (χ1v) is 9.39. The quantitative estimate of drug-likeness (QED) is 0.853. The molecule has 134 valence electrons. The molecule has 25 heavy (non-hydrogen) atoms. The molecule has 0 spiro atoms. The van der Waals surface area contributed by atoms with Gasteiger partial charge in [-0.25, -0.2) is 4.98 Å². The van der Waals surface area contributed by atoms with Crippen molar-refractivity contribution in [3.8, 4) is 11.5 Å². The molecule has 1 heterocycles. The highest BCUT2D eigenvalue weighted by atomic mass is 32.1. The third kappa shape index (κ3) is 3.63. The van der Waals surface area contributed by atoms with Gasteiger partial charge in [-0.3, -0.25) is 4.79 Å². The fraction of sp³-hybridized carbons (Fsp3) is 0.474. The standard InChI is InChI=1S/C19H24N2O3S/c1-13-21-15(11-25-13)18(22)20-12-19(8-4-5-9-19)14-6-7-16(23-2)17(10-14)24-3/h6-7,10-11H,4-5,8-9,12H2,1-3H3,(H,20,22). The van der Waals surface area contributed by atoms with Gasteiger partial charge in [0.1, 0.15) is 5.69 Å². The average Bonchev–Trinajstić information content (AvgIpc) is 3.29. The number of carbonyl (C=O) groups excluding carboxylic acids is 1. The molecule has 1 fully saturated rings. The summed E-state index contributed by atoms with van der Waals surface area (Å²) in [6.45, 7) is 2.52. The highest BCUT2D eigenvalue weighted by molar-refractivity contribution is 7.09. The molecule has 1 amide bonds. The van der Waals surface area contributed by atoms with E-state index in [-0.39, 0.29) is 11.3 Å².